The van der Waals surface area contributed by atoms with Gasteiger partial charge in [-0.15, -0.1) is 0 Å². The summed E-state index contributed by atoms with van der Waals surface area (Å²) in [6.45, 7) is 2.21. The molecule has 0 saturated carbocycles. The Hall–Kier alpha value is -1.90. The van der Waals surface area contributed by atoms with Gasteiger partial charge in [0.15, 0.2) is 0 Å². The highest BCUT2D eigenvalue weighted by Crippen LogP contribution is 2.32. The second kappa shape index (κ2) is 4.89. The predicted molar refractivity (Wildman–Crippen MR) is 80.9 cm³/mol. The van der Waals surface area contributed by atoms with Gasteiger partial charge in [0.2, 0.25) is 5.95 Å². The van der Waals surface area contributed by atoms with Gasteiger partial charge in [0, 0.05) is 29.9 Å². The molecule has 1 aromatic carbocycles. The maximum absolute atomic E-state index is 4.91. The first-order valence-electron chi connectivity index (χ1n) is 7.62. The normalized spacial score (nSPS) is 17.5. The molecule has 4 rings (SSSR count). The Balaban J connectivity index is 1.84. The summed E-state index contributed by atoms with van der Waals surface area (Å²) >= 11 is 0. The summed E-state index contributed by atoms with van der Waals surface area (Å²) < 4.78 is 0. The first-order chi connectivity index (χ1) is 9.92. The molecule has 0 amide bonds. The molecule has 20 heavy (non-hydrogen) atoms. The largest absolute Gasteiger partial charge is 0.341 e. The van der Waals surface area contributed by atoms with Gasteiger partial charge in [-0.05, 0) is 32.1 Å². The molecule has 0 unspecified atom stereocenters. The molecule has 1 aromatic heterocycles. The van der Waals surface area contributed by atoms with Gasteiger partial charge in [-0.25, -0.2) is 9.97 Å². The SMILES string of the molecule is c1ccc(-c2nc(N3CCCC3)nc3c2CCC3)cc1. The van der Waals surface area contributed by atoms with E-state index in [4.69, 9.17) is 9.97 Å². The van der Waals surface area contributed by atoms with Crippen LogP contribution >= 0.6 is 0 Å². The van der Waals surface area contributed by atoms with Crippen LogP contribution in [0.2, 0.25) is 0 Å². The van der Waals surface area contributed by atoms with E-state index in [2.05, 4.69) is 35.2 Å². The molecule has 1 aliphatic heterocycles. The van der Waals surface area contributed by atoms with Crippen LogP contribution in [-0.2, 0) is 12.8 Å². The molecule has 0 bridgehead atoms. The fourth-order valence-electron chi connectivity index (χ4n) is 3.31. The van der Waals surface area contributed by atoms with Gasteiger partial charge in [0.1, 0.15) is 0 Å². The van der Waals surface area contributed by atoms with E-state index in [0.717, 1.165) is 37.6 Å². The minimum absolute atomic E-state index is 0.946. The molecule has 1 saturated heterocycles. The summed E-state index contributed by atoms with van der Waals surface area (Å²) in [7, 11) is 0. The number of aromatic nitrogens is 2. The van der Waals surface area contributed by atoms with E-state index >= 15 is 0 Å². The van der Waals surface area contributed by atoms with Crippen LogP contribution in [0.5, 0.6) is 0 Å². The molecule has 0 atom stereocenters. The van der Waals surface area contributed by atoms with E-state index in [-0.39, 0.29) is 0 Å². The number of hydrogen-bond acceptors (Lipinski definition) is 3. The number of aryl methyl sites for hydroxylation is 1. The van der Waals surface area contributed by atoms with Crippen LogP contribution in [0.1, 0.15) is 30.5 Å². The van der Waals surface area contributed by atoms with E-state index in [1.807, 2.05) is 0 Å². The number of anilines is 1. The van der Waals surface area contributed by atoms with Crippen molar-refractivity contribution in [3.8, 4) is 11.3 Å². The van der Waals surface area contributed by atoms with Crippen LogP contribution in [0.25, 0.3) is 11.3 Å². The third-order valence-corrected chi connectivity index (χ3v) is 4.36. The average Bonchev–Trinajstić information content (AvgIpc) is 3.18. The molecule has 3 heteroatoms. The molecule has 2 aromatic rings. The van der Waals surface area contributed by atoms with Crippen LogP contribution in [0.4, 0.5) is 5.95 Å². The summed E-state index contributed by atoms with van der Waals surface area (Å²) in [6.07, 6.45) is 5.98. The second-order valence-electron chi connectivity index (χ2n) is 5.71. The lowest BCUT2D eigenvalue weighted by atomic mass is 10.1. The minimum Gasteiger partial charge on any atom is -0.341 e. The van der Waals surface area contributed by atoms with Crippen LogP contribution in [0, 0.1) is 0 Å². The van der Waals surface area contributed by atoms with Gasteiger partial charge in [-0.1, -0.05) is 30.3 Å². The van der Waals surface area contributed by atoms with Crippen molar-refractivity contribution in [3.63, 3.8) is 0 Å². The third kappa shape index (κ3) is 1.98. The quantitative estimate of drug-likeness (QED) is 0.834. The summed E-state index contributed by atoms with van der Waals surface area (Å²) in [4.78, 5) is 12.1. The Morgan fingerprint density at radius 1 is 0.850 bits per heavy atom. The topological polar surface area (TPSA) is 29.0 Å². The van der Waals surface area contributed by atoms with Crippen molar-refractivity contribution in [2.45, 2.75) is 32.1 Å². The number of hydrogen-bond donors (Lipinski definition) is 0. The van der Waals surface area contributed by atoms with E-state index < -0.39 is 0 Å². The van der Waals surface area contributed by atoms with E-state index in [1.165, 1.54) is 36.1 Å². The number of fused-ring (bicyclic) bond motifs is 1. The van der Waals surface area contributed by atoms with Crippen LogP contribution in [0.3, 0.4) is 0 Å². The van der Waals surface area contributed by atoms with Crippen molar-refractivity contribution in [1.82, 2.24) is 9.97 Å². The fourth-order valence-corrected chi connectivity index (χ4v) is 3.31. The second-order valence-corrected chi connectivity index (χ2v) is 5.71. The Morgan fingerprint density at radius 2 is 1.65 bits per heavy atom. The molecule has 3 nitrogen and oxygen atoms in total. The summed E-state index contributed by atoms with van der Waals surface area (Å²) in [5.41, 5.74) is 5.04. The average molecular weight is 265 g/mol. The maximum Gasteiger partial charge on any atom is 0.226 e. The van der Waals surface area contributed by atoms with E-state index in [0.29, 0.717) is 0 Å². The van der Waals surface area contributed by atoms with Gasteiger partial charge in [0.25, 0.3) is 0 Å². The highest BCUT2D eigenvalue weighted by atomic mass is 15.3. The standard InChI is InChI=1S/C17H19N3/c1-2-7-13(8-3-1)16-14-9-6-10-15(14)18-17(19-16)20-11-4-5-12-20/h1-3,7-8H,4-6,9-12H2. The lowest BCUT2D eigenvalue weighted by Gasteiger charge is -2.18. The van der Waals surface area contributed by atoms with Crippen molar-refractivity contribution < 1.29 is 0 Å². The monoisotopic (exact) mass is 265 g/mol. The smallest absolute Gasteiger partial charge is 0.226 e. The van der Waals surface area contributed by atoms with Gasteiger partial charge in [-0.3, -0.25) is 0 Å². The molecule has 2 heterocycles. The highest BCUT2D eigenvalue weighted by molar-refractivity contribution is 5.66. The minimum atomic E-state index is 0.946. The highest BCUT2D eigenvalue weighted by Gasteiger charge is 2.23. The van der Waals surface area contributed by atoms with Crippen LogP contribution in [0.15, 0.2) is 30.3 Å². The maximum atomic E-state index is 4.91. The number of nitrogens with zero attached hydrogens (tertiary/aromatic N) is 3. The Labute approximate surface area is 119 Å². The van der Waals surface area contributed by atoms with Crippen LogP contribution < -0.4 is 4.90 Å². The van der Waals surface area contributed by atoms with Gasteiger partial charge in [0.05, 0.1) is 5.69 Å². The molecule has 2 aliphatic rings. The van der Waals surface area contributed by atoms with Gasteiger partial charge in [-0.2, -0.15) is 0 Å². The van der Waals surface area contributed by atoms with Crippen molar-refractivity contribution in [2.24, 2.45) is 0 Å². The third-order valence-electron chi connectivity index (χ3n) is 4.36. The number of benzene rings is 1. The van der Waals surface area contributed by atoms with Crippen molar-refractivity contribution in [1.29, 1.82) is 0 Å². The molecular formula is C17H19N3. The summed E-state index contributed by atoms with van der Waals surface area (Å²) in [6, 6.07) is 10.6. The first kappa shape index (κ1) is 11.9. The molecule has 102 valence electrons. The lowest BCUT2D eigenvalue weighted by Crippen LogP contribution is -2.21. The summed E-state index contributed by atoms with van der Waals surface area (Å²) in [5, 5.41) is 0. The molecule has 1 aliphatic carbocycles. The summed E-state index contributed by atoms with van der Waals surface area (Å²) in [5.74, 6) is 0.946. The molecule has 1 fully saturated rings. The first-order valence-corrected chi connectivity index (χ1v) is 7.62. The number of rotatable bonds is 2. The van der Waals surface area contributed by atoms with Gasteiger partial charge >= 0.3 is 0 Å². The zero-order valence-corrected chi connectivity index (χ0v) is 11.7. The van der Waals surface area contributed by atoms with Gasteiger partial charge < -0.3 is 4.90 Å². The Bertz CT molecular complexity index is 616. The fraction of sp³-hybridized carbons (Fsp3) is 0.412. The predicted octanol–water partition coefficient (Wildman–Crippen LogP) is 3.23. The Morgan fingerprint density at radius 3 is 2.45 bits per heavy atom. The van der Waals surface area contributed by atoms with E-state index in [9.17, 15) is 0 Å². The zero-order chi connectivity index (χ0) is 13.4. The Kier molecular flexibility index (Phi) is 2.91. The van der Waals surface area contributed by atoms with Crippen LogP contribution in [-0.4, -0.2) is 23.1 Å². The van der Waals surface area contributed by atoms with E-state index in [1.54, 1.807) is 0 Å². The molecule has 0 N–H and O–H groups in total. The zero-order valence-electron chi connectivity index (χ0n) is 11.7. The van der Waals surface area contributed by atoms with Crippen molar-refractivity contribution >= 4 is 5.95 Å². The lowest BCUT2D eigenvalue weighted by molar-refractivity contribution is 0.872. The van der Waals surface area contributed by atoms with Crippen molar-refractivity contribution in [3.05, 3.63) is 41.6 Å². The van der Waals surface area contributed by atoms with Crippen molar-refractivity contribution in [2.75, 3.05) is 18.0 Å². The molecule has 0 spiro atoms. The molecule has 0 radical (unpaired) electrons. The molecular weight excluding hydrogens is 246 g/mol.